The number of carbonyl (C=O) groups is 1. The second kappa shape index (κ2) is 8.17. The molecule has 30 heavy (non-hydrogen) atoms. The maximum atomic E-state index is 13.4. The number of fused-ring (bicyclic) bond motifs is 1. The number of anilines is 1. The van der Waals surface area contributed by atoms with Gasteiger partial charge in [-0.2, -0.15) is 0 Å². The van der Waals surface area contributed by atoms with Crippen LogP contribution in [-0.4, -0.2) is 10.9 Å². The van der Waals surface area contributed by atoms with Gasteiger partial charge in [-0.1, -0.05) is 53.6 Å². The number of benzene rings is 3. The lowest BCUT2D eigenvalue weighted by Gasteiger charge is -2.23. The fourth-order valence-electron chi connectivity index (χ4n) is 3.43. The van der Waals surface area contributed by atoms with Gasteiger partial charge < -0.3 is 9.88 Å². The SMILES string of the molecule is Cc1ccc(N(Cc2cc3ccc(C)cc3[nH]c2=O)C(=O)c2ccccc2Cl)cc1. The second-order valence-corrected chi connectivity index (χ2v) is 7.83. The van der Waals surface area contributed by atoms with Crippen LogP contribution in [0.3, 0.4) is 0 Å². The molecular formula is C25H21ClN2O2. The minimum atomic E-state index is -0.257. The normalized spacial score (nSPS) is 10.9. The molecule has 0 bridgehead atoms. The molecule has 1 N–H and O–H groups in total. The van der Waals surface area contributed by atoms with E-state index in [1.807, 2.05) is 62.4 Å². The molecule has 3 aromatic carbocycles. The Labute approximate surface area is 179 Å². The number of aryl methyl sites for hydroxylation is 2. The van der Waals surface area contributed by atoms with E-state index >= 15 is 0 Å². The third-order valence-electron chi connectivity index (χ3n) is 5.10. The van der Waals surface area contributed by atoms with E-state index in [2.05, 4.69) is 4.98 Å². The highest BCUT2D eigenvalue weighted by molar-refractivity contribution is 6.34. The Bertz CT molecular complexity index is 1290. The molecule has 5 heteroatoms. The molecule has 4 nitrogen and oxygen atoms in total. The monoisotopic (exact) mass is 416 g/mol. The summed E-state index contributed by atoms with van der Waals surface area (Å²) in [6.45, 7) is 4.10. The maximum absolute atomic E-state index is 13.4. The van der Waals surface area contributed by atoms with Gasteiger partial charge >= 0.3 is 0 Å². The predicted octanol–water partition coefficient (Wildman–Crippen LogP) is 5.65. The van der Waals surface area contributed by atoms with Crippen molar-refractivity contribution in [3.8, 4) is 0 Å². The molecule has 0 spiro atoms. The van der Waals surface area contributed by atoms with Crippen molar-refractivity contribution in [2.24, 2.45) is 0 Å². The van der Waals surface area contributed by atoms with Gasteiger partial charge in [0.1, 0.15) is 0 Å². The van der Waals surface area contributed by atoms with E-state index in [1.165, 1.54) is 0 Å². The summed E-state index contributed by atoms with van der Waals surface area (Å²) < 4.78 is 0. The van der Waals surface area contributed by atoms with Crippen molar-refractivity contribution < 1.29 is 4.79 Å². The molecule has 0 radical (unpaired) electrons. The molecule has 4 rings (SSSR count). The van der Waals surface area contributed by atoms with Gasteiger partial charge in [0.2, 0.25) is 0 Å². The predicted molar refractivity (Wildman–Crippen MR) is 122 cm³/mol. The standard InChI is InChI=1S/C25H21ClN2O2/c1-16-8-11-20(12-9-16)28(25(30)21-5-3-4-6-22(21)26)15-19-14-18-10-7-17(2)13-23(18)27-24(19)29/h3-14H,15H2,1-2H3,(H,27,29). The van der Waals surface area contributed by atoms with Crippen LogP contribution in [0.2, 0.25) is 5.02 Å². The number of amides is 1. The fourth-order valence-corrected chi connectivity index (χ4v) is 3.65. The molecule has 0 saturated carbocycles. The molecule has 0 atom stereocenters. The topological polar surface area (TPSA) is 53.2 Å². The van der Waals surface area contributed by atoms with Crippen molar-refractivity contribution in [3.05, 3.63) is 110 Å². The van der Waals surface area contributed by atoms with Crippen LogP contribution < -0.4 is 10.5 Å². The van der Waals surface area contributed by atoms with Crippen molar-refractivity contribution in [1.29, 1.82) is 0 Å². The number of aromatic amines is 1. The maximum Gasteiger partial charge on any atom is 0.260 e. The first-order chi connectivity index (χ1) is 14.4. The minimum absolute atomic E-state index is 0.131. The summed E-state index contributed by atoms with van der Waals surface area (Å²) in [7, 11) is 0. The highest BCUT2D eigenvalue weighted by Gasteiger charge is 2.21. The molecule has 150 valence electrons. The first-order valence-electron chi connectivity index (χ1n) is 9.68. The second-order valence-electron chi connectivity index (χ2n) is 7.42. The van der Waals surface area contributed by atoms with Gasteiger partial charge in [-0.25, -0.2) is 0 Å². The Morgan fingerprint density at radius 3 is 2.37 bits per heavy atom. The molecule has 0 aliphatic carbocycles. The number of hydrogen-bond acceptors (Lipinski definition) is 2. The third-order valence-corrected chi connectivity index (χ3v) is 5.43. The van der Waals surface area contributed by atoms with Gasteiger partial charge in [-0.15, -0.1) is 0 Å². The summed E-state index contributed by atoms with van der Waals surface area (Å²) in [5, 5.41) is 1.30. The smallest absolute Gasteiger partial charge is 0.260 e. The van der Waals surface area contributed by atoms with Crippen LogP contribution in [0.25, 0.3) is 10.9 Å². The molecule has 0 aliphatic rings. The van der Waals surface area contributed by atoms with Crippen LogP contribution in [-0.2, 0) is 6.54 Å². The molecule has 0 aliphatic heterocycles. The number of H-pyrrole nitrogens is 1. The van der Waals surface area contributed by atoms with E-state index in [0.717, 1.165) is 22.0 Å². The zero-order chi connectivity index (χ0) is 21.3. The molecule has 4 aromatic rings. The van der Waals surface area contributed by atoms with Gasteiger partial charge in [-0.3, -0.25) is 9.59 Å². The third kappa shape index (κ3) is 4.00. The Balaban J connectivity index is 1.79. The summed E-state index contributed by atoms with van der Waals surface area (Å²) in [5.41, 5.74) is 4.33. The van der Waals surface area contributed by atoms with E-state index in [-0.39, 0.29) is 18.0 Å². The number of hydrogen-bond donors (Lipinski definition) is 1. The summed E-state index contributed by atoms with van der Waals surface area (Å²) in [5.74, 6) is -0.257. The van der Waals surface area contributed by atoms with Crippen LogP contribution in [0.1, 0.15) is 27.0 Å². The zero-order valence-corrected chi connectivity index (χ0v) is 17.5. The molecule has 1 amide bonds. The number of nitrogens with zero attached hydrogens (tertiary/aromatic N) is 1. The summed E-state index contributed by atoms with van der Waals surface area (Å²) in [6.07, 6.45) is 0. The molecular weight excluding hydrogens is 396 g/mol. The number of pyridine rings is 1. The van der Waals surface area contributed by atoms with Crippen molar-refractivity contribution >= 4 is 34.1 Å². The first kappa shape index (κ1) is 19.9. The van der Waals surface area contributed by atoms with E-state index in [1.54, 1.807) is 29.2 Å². The molecule has 0 unspecified atom stereocenters. The number of rotatable bonds is 4. The van der Waals surface area contributed by atoms with Gasteiger partial charge in [0.15, 0.2) is 0 Å². The van der Waals surface area contributed by atoms with E-state index < -0.39 is 0 Å². The van der Waals surface area contributed by atoms with Crippen molar-refractivity contribution in [2.45, 2.75) is 20.4 Å². The number of nitrogens with one attached hydrogen (secondary N) is 1. The largest absolute Gasteiger partial charge is 0.322 e. The number of halogens is 1. The lowest BCUT2D eigenvalue weighted by Crippen LogP contribution is -2.33. The fraction of sp³-hybridized carbons (Fsp3) is 0.120. The lowest BCUT2D eigenvalue weighted by molar-refractivity contribution is 0.0985. The number of carbonyl (C=O) groups excluding carboxylic acids is 1. The Morgan fingerprint density at radius 2 is 1.63 bits per heavy atom. The van der Waals surface area contributed by atoms with Crippen LogP contribution in [0.15, 0.2) is 77.6 Å². The van der Waals surface area contributed by atoms with E-state index in [0.29, 0.717) is 21.8 Å². The van der Waals surface area contributed by atoms with Crippen molar-refractivity contribution in [1.82, 2.24) is 4.98 Å². The average Bonchev–Trinajstić information content (AvgIpc) is 2.73. The van der Waals surface area contributed by atoms with Crippen molar-refractivity contribution in [3.63, 3.8) is 0 Å². The van der Waals surface area contributed by atoms with E-state index in [9.17, 15) is 9.59 Å². The van der Waals surface area contributed by atoms with Gasteiger partial charge in [-0.05, 0) is 61.2 Å². The Morgan fingerprint density at radius 1 is 0.933 bits per heavy atom. The van der Waals surface area contributed by atoms with Gasteiger partial charge in [0.05, 0.1) is 17.1 Å². The lowest BCUT2D eigenvalue weighted by atomic mass is 10.1. The molecule has 1 heterocycles. The average molecular weight is 417 g/mol. The Kier molecular flexibility index (Phi) is 5.42. The summed E-state index contributed by atoms with van der Waals surface area (Å²) in [6, 6.07) is 22.3. The first-order valence-corrected chi connectivity index (χ1v) is 10.1. The highest BCUT2D eigenvalue weighted by atomic mass is 35.5. The van der Waals surface area contributed by atoms with Crippen LogP contribution in [0.5, 0.6) is 0 Å². The number of aromatic nitrogens is 1. The summed E-state index contributed by atoms with van der Waals surface area (Å²) >= 11 is 6.29. The van der Waals surface area contributed by atoms with Crippen LogP contribution >= 0.6 is 11.6 Å². The highest BCUT2D eigenvalue weighted by Crippen LogP contribution is 2.24. The van der Waals surface area contributed by atoms with Crippen LogP contribution in [0, 0.1) is 13.8 Å². The minimum Gasteiger partial charge on any atom is -0.322 e. The quantitative estimate of drug-likeness (QED) is 0.467. The Hall–Kier alpha value is -3.37. The van der Waals surface area contributed by atoms with Gasteiger partial charge in [0, 0.05) is 16.8 Å². The van der Waals surface area contributed by atoms with E-state index in [4.69, 9.17) is 11.6 Å². The molecule has 0 fully saturated rings. The summed E-state index contributed by atoms with van der Waals surface area (Å²) in [4.78, 5) is 30.7. The molecule has 1 aromatic heterocycles. The molecule has 0 saturated heterocycles. The zero-order valence-electron chi connectivity index (χ0n) is 16.8. The van der Waals surface area contributed by atoms with Crippen molar-refractivity contribution in [2.75, 3.05) is 4.90 Å². The van der Waals surface area contributed by atoms with Crippen LogP contribution in [0.4, 0.5) is 5.69 Å². The van der Waals surface area contributed by atoms with Gasteiger partial charge in [0.25, 0.3) is 11.5 Å².